The number of ether oxygens (including phenoxy) is 1. The maximum Gasteiger partial charge on any atom is 0.345 e. The number of esters is 1. The number of benzene rings is 4. The third-order valence-corrected chi connectivity index (χ3v) is 7.11. The van der Waals surface area contributed by atoms with Gasteiger partial charge in [0.05, 0.1) is 16.8 Å². The average molecular weight is 621 g/mol. The fraction of sp³-hybridized carbons (Fsp3) is 0.0333. The number of hydrogen-bond acceptors (Lipinski definition) is 4. The van der Waals surface area contributed by atoms with Crippen LogP contribution in [0, 0.1) is 6.92 Å². The molecule has 0 atom stereocenters. The summed E-state index contributed by atoms with van der Waals surface area (Å²) >= 11 is 16.1. The SMILES string of the molecule is Cc1ccc2[nH]c(C(=O)NN=Cc3cc(Br)ccc3OC(=O)c3ccccc3Cl)c(-c3ccccc3Cl)c2c1. The first-order valence-corrected chi connectivity index (χ1v) is 13.3. The fourth-order valence-electron chi connectivity index (χ4n) is 4.13. The lowest BCUT2D eigenvalue weighted by atomic mass is 10.0. The van der Waals surface area contributed by atoms with Crippen LogP contribution in [0.25, 0.3) is 22.0 Å². The number of aryl methyl sites for hydroxylation is 1. The molecular formula is C30H20BrCl2N3O3. The van der Waals surface area contributed by atoms with Crippen LogP contribution in [0.1, 0.15) is 32.0 Å². The number of carbonyl (C=O) groups is 2. The van der Waals surface area contributed by atoms with Crippen LogP contribution >= 0.6 is 39.1 Å². The number of nitrogens with one attached hydrogen (secondary N) is 2. The molecule has 0 saturated carbocycles. The van der Waals surface area contributed by atoms with Crippen molar-refractivity contribution in [3.05, 3.63) is 122 Å². The van der Waals surface area contributed by atoms with E-state index in [1.165, 1.54) is 6.21 Å². The molecule has 0 spiro atoms. The number of hydrogen-bond donors (Lipinski definition) is 2. The molecule has 0 aliphatic rings. The van der Waals surface area contributed by atoms with E-state index in [0.29, 0.717) is 21.8 Å². The predicted molar refractivity (Wildman–Crippen MR) is 159 cm³/mol. The Hall–Kier alpha value is -3.91. The van der Waals surface area contributed by atoms with Crippen LogP contribution in [0.4, 0.5) is 0 Å². The Kier molecular flexibility index (Phi) is 7.84. The minimum Gasteiger partial charge on any atom is -0.422 e. The molecule has 0 aliphatic carbocycles. The highest BCUT2D eigenvalue weighted by molar-refractivity contribution is 9.10. The summed E-state index contributed by atoms with van der Waals surface area (Å²) in [6.07, 6.45) is 1.40. The minimum absolute atomic E-state index is 0.236. The van der Waals surface area contributed by atoms with Crippen LogP contribution in [0.5, 0.6) is 5.75 Å². The summed E-state index contributed by atoms with van der Waals surface area (Å²) in [5.74, 6) is -0.821. The Morgan fingerprint density at radius 2 is 1.69 bits per heavy atom. The maximum absolute atomic E-state index is 13.3. The van der Waals surface area contributed by atoms with Crippen molar-refractivity contribution in [3.8, 4) is 16.9 Å². The van der Waals surface area contributed by atoms with Crippen molar-refractivity contribution in [3.63, 3.8) is 0 Å². The van der Waals surface area contributed by atoms with Gasteiger partial charge in [-0.1, -0.05) is 81.1 Å². The summed E-state index contributed by atoms with van der Waals surface area (Å²) in [5, 5.41) is 5.83. The Balaban J connectivity index is 1.44. The first-order valence-electron chi connectivity index (χ1n) is 11.8. The van der Waals surface area contributed by atoms with Gasteiger partial charge in [-0.3, -0.25) is 4.79 Å². The number of nitrogens with zero attached hydrogens (tertiary/aromatic N) is 1. The number of H-pyrrole nitrogens is 1. The third kappa shape index (κ3) is 5.76. The van der Waals surface area contributed by atoms with E-state index in [0.717, 1.165) is 26.5 Å². The molecule has 9 heteroatoms. The molecule has 1 aromatic heterocycles. The average Bonchev–Trinajstić information content (AvgIpc) is 3.29. The van der Waals surface area contributed by atoms with Gasteiger partial charge in [0.2, 0.25) is 0 Å². The molecule has 0 unspecified atom stereocenters. The highest BCUT2D eigenvalue weighted by Gasteiger charge is 2.21. The van der Waals surface area contributed by atoms with E-state index in [2.05, 4.69) is 31.4 Å². The third-order valence-electron chi connectivity index (χ3n) is 5.96. The van der Waals surface area contributed by atoms with Crippen molar-refractivity contribution >= 4 is 68.1 Å². The molecule has 1 heterocycles. The quantitative estimate of drug-likeness (QED) is 0.0868. The number of halogens is 3. The lowest BCUT2D eigenvalue weighted by Crippen LogP contribution is -2.19. The molecular weight excluding hydrogens is 601 g/mol. The predicted octanol–water partition coefficient (Wildman–Crippen LogP) is 8.20. The van der Waals surface area contributed by atoms with Crippen molar-refractivity contribution < 1.29 is 14.3 Å². The van der Waals surface area contributed by atoms with Gasteiger partial charge in [0.15, 0.2) is 0 Å². The van der Waals surface area contributed by atoms with E-state index >= 15 is 0 Å². The van der Waals surface area contributed by atoms with E-state index in [1.807, 2.05) is 43.3 Å². The Bertz CT molecular complexity index is 1760. The zero-order valence-corrected chi connectivity index (χ0v) is 23.6. The number of aromatic amines is 1. The monoisotopic (exact) mass is 619 g/mol. The Morgan fingerprint density at radius 3 is 2.46 bits per heavy atom. The molecule has 5 rings (SSSR count). The van der Waals surface area contributed by atoms with Crippen molar-refractivity contribution in [2.24, 2.45) is 5.10 Å². The summed E-state index contributed by atoms with van der Waals surface area (Å²) in [5.41, 5.74) is 6.85. The summed E-state index contributed by atoms with van der Waals surface area (Å²) in [6, 6.07) is 24.9. The van der Waals surface area contributed by atoms with Crippen LogP contribution in [0.3, 0.4) is 0 Å². The smallest absolute Gasteiger partial charge is 0.345 e. The number of rotatable bonds is 6. The van der Waals surface area contributed by atoms with Crippen LogP contribution in [-0.4, -0.2) is 23.1 Å². The van der Waals surface area contributed by atoms with Gasteiger partial charge >= 0.3 is 5.97 Å². The molecule has 4 aromatic carbocycles. The molecule has 2 N–H and O–H groups in total. The Labute approximate surface area is 242 Å². The van der Waals surface area contributed by atoms with Crippen LogP contribution in [0.15, 0.2) is 94.5 Å². The van der Waals surface area contributed by atoms with Crippen molar-refractivity contribution in [2.75, 3.05) is 0 Å². The second-order valence-corrected chi connectivity index (χ2v) is 10.4. The molecule has 6 nitrogen and oxygen atoms in total. The highest BCUT2D eigenvalue weighted by Crippen LogP contribution is 2.37. The number of carbonyl (C=O) groups excluding carboxylic acids is 2. The lowest BCUT2D eigenvalue weighted by molar-refractivity contribution is 0.0734. The van der Waals surface area contributed by atoms with Gasteiger partial charge in [0.1, 0.15) is 11.4 Å². The molecule has 5 aromatic rings. The van der Waals surface area contributed by atoms with Crippen molar-refractivity contribution in [2.45, 2.75) is 6.92 Å². The van der Waals surface area contributed by atoms with Gasteiger partial charge in [-0.2, -0.15) is 5.10 Å². The summed E-state index contributed by atoms with van der Waals surface area (Å²) in [7, 11) is 0. The molecule has 0 fully saturated rings. The van der Waals surface area contributed by atoms with Gasteiger partial charge in [0, 0.05) is 37.1 Å². The van der Waals surface area contributed by atoms with Crippen molar-refractivity contribution in [1.82, 2.24) is 10.4 Å². The van der Waals surface area contributed by atoms with Gasteiger partial charge < -0.3 is 9.72 Å². The first kappa shape index (κ1) is 26.7. The molecule has 39 heavy (non-hydrogen) atoms. The molecule has 0 radical (unpaired) electrons. The number of aromatic nitrogens is 1. The second kappa shape index (κ2) is 11.5. The van der Waals surface area contributed by atoms with Gasteiger partial charge in [-0.05, 0) is 55.5 Å². The minimum atomic E-state index is -0.612. The summed E-state index contributed by atoms with van der Waals surface area (Å²) in [4.78, 5) is 29.2. The van der Waals surface area contributed by atoms with E-state index in [-0.39, 0.29) is 16.3 Å². The largest absolute Gasteiger partial charge is 0.422 e. The standard InChI is InChI=1S/C30H20BrCl2N3O3/c1-17-10-12-25-22(14-17)27(20-6-2-4-8-23(20)32)28(35-25)29(37)36-34-16-18-15-19(31)11-13-26(18)39-30(38)21-7-3-5-9-24(21)33/h2-16,35H,1H3,(H,36,37). The van der Waals surface area contributed by atoms with E-state index in [9.17, 15) is 9.59 Å². The van der Waals surface area contributed by atoms with Crippen LogP contribution in [-0.2, 0) is 0 Å². The number of fused-ring (bicyclic) bond motifs is 1. The first-order chi connectivity index (χ1) is 18.8. The zero-order chi connectivity index (χ0) is 27.5. The molecule has 1 amide bonds. The number of amides is 1. The maximum atomic E-state index is 13.3. The van der Waals surface area contributed by atoms with E-state index in [1.54, 1.807) is 48.5 Å². The molecule has 0 saturated heterocycles. The molecule has 0 bridgehead atoms. The van der Waals surface area contributed by atoms with E-state index < -0.39 is 11.9 Å². The van der Waals surface area contributed by atoms with Gasteiger partial charge in [0.25, 0.3) is 5.91 Å². The summed E-state index contributed by atoms with van der Waals surface area (Å²) < 4.78 is 6.32. The fourth-order valence-corrected chi connectivity index (χ4v) is 4.95. The second-order valence-electron chi connectivity index (χ2n) is 8.65. The Morgan fingerprint density at radius 1 is 0.949 bits per heavy atom. The van der Waals surface area contributed by atoms with Crippen LogP contribution in [0.2, 0.25) is 10.0 Å². The van der Waals surface area contributed by atoms with Gasteiger partial charge in [-0.15, -0.1) is 0 Å². The zero-order valence-electron chi connectivity index (χ0n) is 20.5. The highest BCUT2D eigenvalue weighted by atomic mass is 79.9. The van der Waals surface area contributed by atoms with Crippen molar-refractivity contribution in [1.29, 1.82) is 0 Å². The topological polar surface area (TPSA) is 83.6 Å². The van der Waals surface area contributed by atoms with Crippen LogP contribution < -0.4 is 10.2 Å². The normalized spacial score (nSPS) is 11.2. The summed E-state index contributed by atoms with van der Waals surface area (Å²) in [6.45, 7) is 1.99. The molecule has 194 valence electrons. The van der Waals surface area contributed by atoms with Gasteiger partial charge in [-0.25, -0.2) is 10.2 Å². The van der Waals surface area contributed by atoms with E-state index in [4.69, 9.17) is 27.9 Å². The lowest BCUT2D eigenvalue weighted by Gasteiger charge is -2.09. The number of hydrazone groups is 1. The molecule has 0 aliphatic heterocycles.